The number of nitrogens with zero attached hydrogens (tertiary/aromatic N) is 1. The summed E-state index contributed by atoms with van der Waals surface area (Å²) >= 11 is 0. The van der Waals surface area contributed by atoms with Crippen LogP contribution in [0.25, 0.3) is 0 Å². The van der Waals surface area contributed by atoms with Gasteiger partial charge in [0.15, 0.2) is 0 Å². The predicted octanol–water partition coefficient (Wildman–Crippen LogP) is 4.31. The Morgan fingerprint density at radius 3 is 2.32 bits per heavy atom. The van der Waals surface area contributed by atoms with Crippen LogP contribution in [0.5, 0.6) is 5.75 Å². The second-order valence-electron chi connectivity index (χ2n) is 9.24. The van der Waals surface area contributed by atoms with Crippen LogP contribution >= 0.6 is 0 Å². The highest BCUT2D eigenvalue weighted by Gasteiger charge is 2.57. The number of hydrogen-bond donors (Lipinski definition) is 0. The van der Waals surface area contributed by atoms with Gasteiger partial charge in [0.1, 0.15) is 5.75 Å². The van der Waals surface area contributed by atoms with Crippen molar-refractivity contribution in [3.8, 4) is 5.75 Å². The average molecular weight is 366 g/mol. The molecule has 0 N–H and O–H groups in total. The summed E-state index contributed by atoms with van der Waals surface area (Å²) in [7, 11) is -3.48. The fourth-order valence-corrected chi connectivity index (χ4v) is 6.75. The molecule has 0 aromatic heterocycles. The third-order valence-corrected chi connectivity index (χ3v) is 7.89. The summed E-state index contributed by atoms with van der Waals surface area (Å²) in [5.74, 6) is 1.09. The van der Waals surface area contributed by atoms with Crippen LogP contribution in [0.1, 0.15) is 54.4 Å². The first-order valence-electron chi connectivity index (χ1n) is 9.23. The largest absolute Gasteiger partial charge is 0.491 e. The van der Waals surface area contributed by atoms with Gasteiger partial charge >= 0.3 is 0 Å². The SMILES string of the molecule is CC(C)Oc1ccc(S(=O)(=O)N2CC3(C)CC(C)(C)CC2[C@@H]3C)cc1. The molecule has 1 aliphatic carbocycles. The molecular weight excluding hydrogens is 334 g/mol. The van der Waals surface area contributed by atoms with Crippen LogP contribution in [0, 0.1) is 16.7 Å². The molecule has 3 rings (SSSR count). The van der Waals surface area contributed by atoms with E-state index in [9.17, 15) is 8.42 Å². The highest BCUT2D eigenvalue weighted by molar-refractivity contribution is 7.89. The first kappa shape index (κ1) is 18.7. The van der Waals surface area contributed by atoms with Gasteiger partial charge in [-0.05, 0) is 67.7 Å². The van der Waals surface area contributed by atoms with E-state index in [1.165, 1.54) is 0 Å². The Labute approximate surface area is 152 Å². The fraction of sp³-hybridized carbons (Fsp3) is 0.700. The Balaban J connectivity index is 1.90. The molecule has 0 spiro atoms. The number of ether oxygens (including phenoxy) is 1. The second kappa shape index (κ2) is 5.98. The first-order valence-corrected chi connectivity index (χ1v) is 10.7. The van der Waals surface area contributed by atoms with Gasteiger partial charge in [0.25, 0.3) is 0 Å². The van der Waals surface area contributed by atoms with Gasteiger partial charge in [-0.25, -0.2) is 8.42 Å². The van der Waals surface area contributed by atoms with Crippen LogP contribution in [0.2, 0.25) is 0 Å². The fourth-order valence-electron chi connectivity index (χ4n) is 4.92. The predicted molar refractivity (Wildman–Crippen MR) is 100 cm³/mol. The molecule has 1 heterocycles. The molecular formula is C20H31NO3S. The molecule has 3 atom stereocenters. The van der Waals surface area contributed by atoms with Crippen molar-refractivity contribution in [3.05, 3.63) is 24.3 Å². The van der Waals surface area contributed by atoms with E-state index in [1.807, 2.05) is 13.8 Å². The smallest absolute Gasteiger partial charge is 0.243 e. The van der Waals surface area contributed by atoms with E-state index in [2.05, 4.69) is 27.7 Å². The molecule has 0 amide bonds. The molecule has 25 heavy (non-hydrogen) atoms. The van der Waals surface area contributed by atoms with Gasteiger partial charge in [-0.2, -0.15) is 4.31 Å². The maximum Gasteiger partial charge on any atom is 0.243 e. The van der Waals surface area contributed by atoms with Crippen molar-refractivity contribution >= 4 is 10.0 Å². The molecule has 140 valence electrons. The number of fused-ring (bicyclic) bond motifs is 2. The van der Waals surface area contributed by atoms with Gasteiger partial charge in [0.05, 0.1) is 11.0 Å². The lowest BCUT2D eigenvalue weighted by molar-refractivity contribution is 0.0760. The molecule has 5 heteroatoms. The van der Waals surface area contributed by atoms with Crippen molar-refractivity contribution in [2.75, 3.05) is 6.54 Å². The van der Waals surface area contributed by atoms with Crippen molar-refractivity contribution < 1.29 is 13.2 Å². The molecule has 1 aromatic carbocycles. The number of benzene rings is 1. The Bertz CT molecular complexity index is 739. The quantitative estimate of drug-likeness (QED) is 0.799. The maximum atomic E-state index is 13.3. The molecule has 2 unspecified atom stereocenters. The van der Waals surface area contributed by atoms with E-state index in [0.717, 1.165) is 12.8 Å². The number of hydrogen-bond acceptors (Lipinski definition) is 3. The lowest BCUT2D eigenvalue weighted by Gasteiger charge is -2.44. The minimum atomic E-state index is -3.48. The topological polar surface area (TPSA) is 46.6 Å². The minimum absolute atomic E-state index is 0.0557. The normalized spacial score (nSPS) is 32.1. The summed E-state index contributed by atoms with van der Waals surface area (Å²) in [6.45, 7) is 13.5. The molecule has 2 aliphatic rings. The number of rotatable bonds is 4. The van der Waals surface area contributed by atoms with Crippen LogP contribution in [0.15, 0.2) is 29.2 Å². The standard InChI is InChI=1S/C20H31NO3S/c1-14(2)24-16-7-9-17(10-8-16)25(22,23)21-13-20(6)12-19(4,5)11-18(21)15(20)3/h7-10,14-15,18H,11-13H2,1-6H3/t15-,18?,20?/m0/s1. The van der Waals surface area contributed by atoms with Crippen LogP contribution in [0.4, 0.5) is 0 Å². The van der Waals surface area contributed by atoms with Crippen molar-refractivity contribution in [2.24, 2.45) is 16.7 Å². The monoisotopic (exact) mass is 365 g/mol. The lowest BCUT2D eigenvalue weighted by atomic mass is 9.60. The zero-order valence-corrected chi connectivity index (χ0v) is 17.1. The molecule has 0 radical (unpaired) electrons. The summed E-state index contributed by atoms with van der Waals surface area (Å²) in [6.07, 6.45) is 2.07. The zero-order valence-electron chi connectivity index (χ0n) is 16.2. The molecule has 2 fully saturated rings. The molecule has 1 saturated carbocycles. The second-order valence-corrected chi connectivity index (χ2v) is 11.1. The Morgan fingerprint density at radius 1 is 1.16 bits per heavy atom. The van der Waals surface area contributed by atoms with Gasteiger partial charge in [0.2, 0.25) is 10.0 Å². The van der Waals surface area contributed by atoms with Gasteiger partial charge in [0, 0.05) is 12.6 Å². The summed E-state index contributed by atoms with van der Waals surface area (Å²) in [5.41, 5.74) is 0.241. The Hall–Kier alpha value is -1.07. The third kappa shape index (κ3) is 3.33. The summed E-state index contributed by atoms with van der Waals surface area (Å²) in [5, 5.41) is 0. The van der Waals surface area contributed by atoms with Gasteiger partial charge in [-0.3, -0.25) is 0 Å². The van der Waals surface area contributed by atoms with Crippen LogP contribution in [-0.2, 0) is 10.0 Å². The third-order valence-electron chi connectivity index (χ3n) is 6.01. The molecule has 2 bridgehead atoms. The first-order chi connectivity index (χ1) is 11.4. The van der Waals surface area contributed by atoms with Gasteiger partial charge in [-0.15, -0.1) is 0 Å². The van der Waals surface area contributed by atoms with Crippen molar-refractivity contribution in [1.29, 1.82) is 0 Å². The summed E-state index contributed by atoms with van der Waals surface area (Å²) in [6, 6.07) is 6.94. The van der Waals surface area contributed by atoms with Gasteiger partial charge in [-0.1, -0.05) is 27.7 Å². The van der Waals surface area contributed by atoms with Crippen molar-refractivity contribution in [2.45, 2.75) is 71.4 Å². The van der Waals surface area contributed by atoms with E-state index in [0.29, 0.717) is 23.1 Å². The van der Waals surface area contributed by atoms with Crippen molar-refractivity contribution in [3.63, 3.8) is 0 Å². The maximum absolute atomic E-state index is 13.3. The lowest BCUT2D eigenvalue weighted by Crippen LogP contribution is -2.42. The minimum Gasteiger partial charge on any atom is -0.491 e. The summed E-state index contributed by atoms with van der Waals surface area (Å²) in [4.78, 5) is 0.366. The Morgan fingerprint density at radius 2 is 1.76 bits per heavy atom. The van der Waals surface area contributed by atoms with Crippen molar-refractivity contribution in [1.82, 2.24) is 4.31 Å². The van der Waals surface area contributed by atoms with Gasteiger partial charge < -0.3 is 4.74 Å². The molecule has 4 nitrogen and oxygen atoms in total. The van der Waals surface area contributed by atoms with E-state index in [1.54, 1.807) is 28.6 Å². The van der Waals surface area contributed by atoms with Crippen LogP contribution in [-0.4, -0.2) is 31.4 Å². The highest BCUT2D eigenvalue weighted by Crippen LogP contribution is 2.56. The van der Waals surface area contributed by atoms with E-state index in [-0.39, 0.29) is 23.0 Å². The van der Waals surface area contributed by atoms with E-state index >= 15 is 0 Å². The average Bonchev–Trinajstić information content (AvgIpc) is 2.64. The molecule has 1 aliphatic heterocycles. The molecule has 1 aromatic rings. The number of sulfonamides is 1. The van der Waals surface area contributed by atoms with E-state index in [4.69, 9.17) is 4.74 Å². The van der Waals surface area contributed by atoms with Crippen LogP contribution < -0.4 is 4.74 Å². The zero-order chi connectivity index (χ0) is 18.6. The Kier molecular flexibility index (Phi) is 4.48. The molecule has 1 saturated heterocycles. The van der Waals surface area contributed by atoms with E-state index < -0.39 is 10.0 Å². The highest BCUT2D eigenvalue weighted by atomic mass is 32.2. The summed E-state index contributed by atoms with van der Waals surface area (Å²) < 4.78 is 34.0. The van der Waals surface area contributed by atoms with Crippen LogP contribution in [0.3, 0.4) is 0 Å².